The molecule has 16 heavy (non-hydrogen) atoms. The monoisotopic (exact) mass is 233 g/mol. The SMILES string of the molecule is CCc1cc(NCC(F)(F)F)ccc1OC. The Kier molecular flexibility index (Phi) is 4.04. The van der Waals surface area contributed by atoms with Gasteiger partial charge in [0.15, 0.2) is 0 Å². The number of benzene rings is 1. The first-order chi connectivity index (χ1) is 7.46. The lowest BCUT2D eigenvalue weighted by molar-refractivity contribution is -0.115. The highest BCUT2D eigenvalue weighted by atomic mass is 19.4. The topological polar surface area (TPSA) is 21.3 Å². The van der Waals surface area contributed by atoms with E-state index >= 15 is 0 Å². The van der Waals surface area contributed by atoms with Gasteiger partial charge in [-0.1, -0.05) is 6.92 Å². The molecule has 2 nitrogen and oxygen atoms in total. The molecule has 1 rings (SSSR count). The van der Waals surface area contributed by atoms with Crippen LogP contribution < -0.4 is 10.1 Å². The third-order valence-corrected chi connectivity index (χ3v) is 2.15. The lowest BCUT2D eigenvalue weighted by atomic mass is 10.1. The molecular weight excluding hydrogens is 219 g/mol. The Morgan fingerprint density at radius 2 is 2.00 bits per heavy atom. The fourth-order valence-corrected chi connectivity index (χ4v) is 1.37. The van der Waals surface area contributed by atoms with E-state index in [4.69, 9.17) is 4.74 Å². The van der Waals surface area contributed by atoms with Crippen molar-refractivity contribution < 1.29 is 17.9 Å². The molecule has 0 atom stereocenters. The molecule has 0 saturated carbocycles. The predicted molar refractivity (Wildman–Crippen MR) is 56.9 cm³/mol. The number of anilines is 1. The quantitative estimate of drug-likeness (QED) is 0.862. The molecule has 0 heterocycles. The summed E-state index contributed by atoms with van der Waals surface area (Å²) < 4.78 is 41.0. The summed E-state index contributed by atoms with van der Waals surface area (Å²) in [5, 5.41) is 2.33. The van der Waals surface area contributed by atoms with Crippen LogP contribution in [0.15, 0.2) is 18.2 Å². The third-order valence-electron chi connectivity index (χ3n) is 2.15. The first-order valence-electron chi connectivity index (χ1n) is 4.94. The number of alkyl halides is 3. The first kappa shape index (κ1) is 12.7. The normalized spacial score (nSPS) is 11.3. The highest BCUT2D eigenvalue weighted by Gasteiger charge is 2.26. The van der Waals surface area contributed by atoms with Crippen LogP contribution in [0.1, 0.15) is 12.5 Å². The van der Waals surface area contributed by atoms with E-state index in [1.54, 1.807) is 18.2 Å². The Balaban J connectivity index is 2.75. The van der Waals surface area contributed by atoms with Gasteiger partial charge in [-0.15, -0.1) is 0 Å². The van der Waals surface area contributed by atoms with Crippen molar-refractivity contribution in [1.82, 2.24) is 0 Å². The van der Waals surface area contributed by atoms with Gasteiger partial charge in [0, 0.05) is 5.69 Å². The summed E-state index contributed by atoms with van der Waals surface area (Å²) in [4.78, 5) is 0. The van der Waals surface area contributed by atoms with Crippen molar-refractivity contribution in [3.05, 3.63) is 23.8 Å². The average molecular weight is 233 g/mol. The Morgan fingerprint density at radius 1 is 1.31 bits per heavy atom. The number of halogens is 3. The number of aryl methyl sites for hydroxylation is 1. The molecule has 0 aliphatic heterocycles. The summed E-state index contributed by atoms with van der Waals surface area (Å²) in [6, 6.07) is 4.91. The van der Waals surface area contributed by atoms with E-state index in [1.165, 1.54) is 7.11 Å². The molecule has 0 amide bonds. The number of rotatable bonds is 4. The van der Waals surface area contributed by atoms with Gasteiger partial charge in [0.2, 0.25) is 0 Å². The van der Waals surface area contributed by atoms with E-state index in [0.29, 0.717) is 17.9 Å². The number of ether oxygens (including phenoxy) is 1. The van der Waals surface area contributed by atoms with Gasteiger partial charge in [-0.25, -0.2) is 0 Å². The van der Waals surface area contributed by atoms with Crippen LogP contribution in [0, 0.1) is 0 Å². The van der Waals surface area contributed by atoms with Gasteiger partial charge in [-0.3, -0.25) is 0 Å². The van der Waals surface area contributed by atoms with Gasteiger partial charge in [-0.2, -0.15) is 13.2 Å². The Morgan fingerprint density at radius 3 is 2.50 bits per heavy atom. The van der Waals surface area contributed by atoms with Crippen molar-refractivity contribution in [3.63, 3.8) is 0 Å². The van der Waals surface area contributed by atoms with Crippen LogP contribution in [0.3, 0.4) is 0 Å². The zero-order valence-corrected chi connectivity index (χ0v) is 9.19. The molecule has 0 aliphatic rings. The fourth-order valence-electron chi connectivity index (χ4n) is 1.37. The minimum atomic E-state index is -4.20. The van der Waals surface area contributed by atoms with Crippen LogP contribution in [0.5, 0.6) is 5.75 Å². The summed E-state index contributed by atoms with van der Waals surface area (Å²) in [7, 11) is 1.54. The van der Waals surface area contributed by atoms with Crippen molar-refractivity contribution in [2.24, 2.45) is 0 Å². The van der Waals surface area contributed by atoms with Crippen LogP contribution in [-0.2, 0) is 6.42 Å². The van der Waals surface area contributed by atoms with Gasteiger partial charge in [0.25, 0.3) is 0 Å². The molecule has 0 spiro atoms. The van der Waals surface area contributed by atoms with Crippen LogP contribution in [-0.4, -0.2) is 19.8 Å². The van der Waals surface area contributed by atoms with Gasteiger partial charge in [0.05, 0.1) is 7.11 Å². The molecule has 5 heteroatoms. The van der Waals surface area contributed by atoms with E-state index in [-0.39, 0.29) is 0 Å². The van der Waals surface area contributed by atoms with Crippen molar-refractivity contribution in [2.75, 3.05) is 19.0 Å². The molecular formula is C11H14F3NO. The standard InChI is InChI=1S/C11H14F3NO/c1-3-8-6-9(4-5-10(8)16-2)15-7-11(12,13)14/h4-6,15H,3,7H2,1-2H3. The van der Waals surface area contributed by atoms with Crippen molar-refractivity contribution in [3.8, 4) is 5.75 Å². The van der Waals surface area contributed by atoms with E-state index < -0.39 is 12.7 Å². The fraction of sp³-hybridized carbons (Fsp3) is 0.455. The largest absolute Gasteiger partial charge is 0.496 e. The van der Waals surface area contributed by atoms with E-state index in [2.05, 4.69) is 5.32 Å². The summed E-state index contributed by atoms with van der Waals surface area (Å²) in [6.45, 7) is 0.897. The summed E-state index contributed by atoms with van der Waals surface area (Å²) in [5.41, 5.74) is 1.34. The Bertz CT molecular complexity index is 350. The van der Waals surface area contributed by atoms with Crippen LogP contribution in [0.4, 0.5) is 18.9 Å². The van der Waals surface area contributed by atoms with Crippen molar-refractivity contribution in [1.29, 1.82) is 0 Å². The minimum Gasteiger partial charge on any atom is -0.496 e. The average Bonchev–Trinajstić information content (AvgIpc) is 2.25. The zero-order valence-electron chi connectivity index (χ0n) is 9.19. The maximum atomic E-state index is 12.0. The van der Waals surface area contributed by atoms with E-state index in [0.717, 1.165) is 5.56 Å². The molecule has 90 valence electrons. The van der Waals surface area contributed by atoms with Crippen molar-refractivity contribution >= 4 is 5.69 Å². The second kappa shape index (κ2) is 5.09. The maximum Gasteiger partial charge on any atom is 0.405 e. The third kappa shape index (κ3) is 3.64. The second-order valence-electron chi connectivity index (χ2n) is 3.35. The predicted octanol–water partition coefficient (Wildman–Crippen LogP) is 3.23. The summed E-state index contributed by atoms with van der Waals surface area (Å²) in [6.07, 6.45) is -3.49. The molecule has 0 aromatic heterocycles. The highest BCUT2D eigenvalue weighted by molar-refractivity contribution is 5.51. The lowest BCUT2D eigenvalue weighted by Crippen LogP contribution is -2.21. The number of hydrogen-bond acceptors (Lipinski definition) is 2. The van der Waals surface area contributed by atoms with Crippen LogP contribution >= 0.6 is 0 Å². The molecule has 0 fully saturated rings. The molecule has 1 N–H and O–H groups in total. The molecule has 0 unspecified atom stereocenters. The van der Waals surface area contributed by atoms with Crippen LogP contribution in [0.25, 0.3) is 0 Å². The Hall–Kier alpha value is -1.39. The van der Waals surface area contributed by atoms with Gasteiger partial charge in [-0.05, 0) is 30.2 Å². The molecule has 1 aromatic carbocycles. The zero-order chi connectivity index (χ0) is 12.2. The smallest absolute Gasteiger partial charge is 0.405 e. The number of nitrogens with one attached hydrogen (secondary N) is 1. The highest BCUT2D eigenvalue weighted by Crippen LogP contribution is 2.24. The van der Waals surface area contributed by atoms with Gasteiger partial charge < -0.3 is 10.1 Å². The Labute approximate surface area is 92.4 Å². The molecule has 1 aromatic rings. The minimum absolute atomic E-state index is 0.454. The summed E-state index contributed by atoms with van der Waals surface area (Å²) in [5.74, 6) is 0.694. The van der Waals surface area contributed by atoms with E-state index in [1.807, 2.05) is 6.92 Å². The second-order valence-corrected chi connectivity index (χ2v) is 3.35. The van der Waals surface area contributed by atoms with Crippen LogP contribution in [0.2, 0.25) is 0 Å². The van der Waals surface area contributed by atoms with Gasteiger partial charge >= 0.3 is 6.18 Å². The number of methoxy groups -OCH3 is 1. The van der Waals surface area contributed by atoms with E-state index in [9.17, 15) is 13.2 Å². The number of hydrogen-bond donors (Lipinski definition) is 1. The van der Waals surface area contributed by atoms with Gasteiger partial charge in [0.1, 0.15) is 12.3 Å². The molecule has 0 saturated heterocycles. The molecule has 0 bridgehead atoms. The summed E-state index contributed by atoms with van der Waals surface area (Å²) >= 11 is 0. The van der Waals surface area contributed by atoms with Crippen molar-refractivity contribution in [2.45, 2.75) is 19.5 Å². The molecule has 0 radical (unpaired) electrons. The lowest BCUT2D eigenvalue weighted by Gasteiger charge is -2.12. The molecule has 0 aliphatic carbocycles. The maximum absolute atomic E-state index is 12.0. The first-order valence-corrected chi connectivity index (χ1v) is 4.94.